The molecule has 0 spiro atoms. The van der Waals surface area contributed by atoms with Crippen molar-refractivity contribution in [2.24, 2.45) is 40.4 Å². The summed E-state index contributed by atoms with van der Waals surface area (Å²) >= 11 is 0. The molecule has 10 atom stereocenters. The Hall–Kier alpha value is -0.610. The number of fused-ring (bicyclic) bond motifs is 5. The molecule has 4 aliphatic carbocycles. The number of carbonyl (C=O) groups excluding carboxylic acids is 1. The van der Waals surface area contributed by atoms with Crippen LogP contribution in [0.3, 0.4) is 0 Å². The number of aliphatic hydroxyl groups excluding tert-OH is 1. The molecule has 0 amide bonds. The number of carbonyl (C=O) groups is 1. The van der Waals surface area contributed by atoms with E-state index in [1.54, 1.807) is 0 Å². The number of hydrogen-bond donors (Lipinski definition) is 1. The van der Waals surface area contributed by atoms with Gasteiger partial charge in [0.2, 0.25) is 6.29 Å². The molecule has 4 heteroatoms. The largest absolute Gasteiger partial charge is 0.435 e. The Balaban J connectivity index is 1.39. The van der Waals surface area contributed by atoms with E-state index < -0.39 is 0 Å². The molecule has 0 unspecified atom stereocenters. The summed E-state index contributed by atoms with van der Waals surface area (Å²) < 4.78 is 12.6. The van der Waals surface area contributed by atoms with Gasteiger partial charge in [0.15, 0.2) is 0 Å². The fraction of sp³-hybridized carbons (Fsp3) is 0.957. The summed E-state index contributed by atoms with van der Waals surface area (Å²) in [6.07, 6.45) is 10.7. The maximum absolute atomic E-state index is 12.0. The Morgan fingerprint density at radius 3 is 2.63 bits per heavy atom. The van der Waals surface area contributed by atoms with Crippen LogP contribution in [0.4, 0.5) is 0 Å². The van der Waals surface area contributed by atoms with Crippen molar-refractivity contribution in [1.29, 1.82) is 0 Å². The first-order chi connectivity index (χ1) is 12.9. The van der Waals surface area contributed by atoms with Gasteiger partial charge in [0.25, 0.3) is 0 Å². The van der Waals surface area contributed by atoms with Crippen LogP contribution in [0.15, 0.2) is 0 Å². The van der Waals surface area contributed by atoms with Crippen LogP contribution in [0.2, 0.25) is 0 Å². The Bertz CT molecular complexity index is 677. The van der Waals surface area contributed by atoms with E-state index >= 15 is 0 Å². The van der Waals surface area contributed by atoms with Gasteiger partial charge in [-0.2, -0.15) is 0 Å². The van der Waals surface area contributed by atoms with Crippen LogP contribution in [0.5, 0.6) is 0 Å². The van der Waals surface area contributed by atoms with Gasteiger partial charge in [0.05, 0.1) is 18.1 Å². The van der Waals surface area contributed by atoms with E-state index in [0.717, 1.165) is 25.7 Å². The van der Waals surface area contributed by atoms with Crippen molar-refractivity contribution in [3.05, 3.63) is 0 Å². The molecule has 2 saturated heterocycles. The third kappa shape index (κ3) is 1.95. The summed E-state index contributed by atoms with van der Waals surface area (Å²) in [5.74, 6) is 2.78. The first-order valence-corrected chi connectivity index (χ1v) is 11.4. The second-order valence-electron chi connectivity index (χ2n) is 11.3. The van der Waals surface area contributed by atoms with Gasteiger partial charge >= 0.3 is 5.97 Å². The zero-order chi connectivity index (χ0) is 18.6. The highest BCUT2D eigenvalue weighted by atomic mass is 16.7. The summed E-state index contributed by atoms with van der Waals surface area (Å²) in [6, 6.07) is 0. The molecule has 6 rings (SSSR count). The second kappa shape index (κ2) is 5.30. The predicted octanol–water partition coefficient (Wildman–Crippen LogP) is 4.05. The molecule has 6 fully saturated rings. The summed E-state index contributed by atoms with van der Waals surface area (Å²) in [7, 11) is 0. The molecule has 0 radical (unpaired) electrons. The molecule has 1 N–H and O–H groups in total. The van der Waals surface area contributed by atoms with Crippen LogP contribution in [-0.4, -0.2) is 29.1 Å². The molecule has 27 heavy (non-hydrogen) atoms. The highest BCUT2D eigenvalue weighted by molar-refractivity contribution is 5.72. The van der Waals surface area contributed by atoms with Crippen molar-refractivity contribution in [2.45, 2.75) is 96.1 Å². The van der Waals surface area contributed by atoms with Crippen LogP contribution in [0.25, 0.3) is 0 Å². The highest BCUT2D eigenvalue weighted by Crippen LogP contribution is 2.73. The summed E-state index contributed by atoms with van der Waals surface area (Å²) in [5, 5.41) is 10.2. The molecule has 4 saturated carbocycles. The molecule has 2 heterocycles. The van der Waals surface area contributed by atoms with Gasteiger partial charge < -0.3 is 14.6 Å². The standard InChI is InChI=1S/C23H34O4/c1-21-8-5-14(24)11-13(21)3-4-18-17(21)6-9-22(2)16-7-10-23(18,22)27-20-15(16)12-19(25)26-20/h13-18,20,24H,3-12H2,1-2H3/t13-,14+,15+,16-,17+,18-,20-,21+,22-,23+/m1/s1. The Labute approximate surface area is 162 Å². The van der Waals surface area contributed by atoms with Crippen LogP contribution >= 0.6 is 0 Å². The minimum absolute atomic E-state index is 0.0530. The van der Waals surface area contributed by atoms with Gasteiger partial charge in [-0.1, -0.05) is 13.8 Å². The molecule has 6 aliphatic rings. The molecule has 2 bridgehead atoms. The van der Waals surface area contributed by atoms with E-state index in [-0.39, 0.29) is 35.3 Å². The van der Waals surface area contributed by atoms with Crippen LogP contribution in [0, 0.1) is 40.4 Å². The molecule has 0 aromatic heterocycles. The highest BCUT2D eigenvalue weighted by Gasteiger charge is 2.73. The fourth-order valence-corrected chi connectivity index (χ4v) is 9.38. The predicted molar refractivity (Wildman–Crippen MR) is 99.5 cm³/mol. The summed E-state index contributed by atoms with van der Waals surface area (Å²) in [6.45, 7) is 5.01. The monoisotopic (exact) mass is 374 g/mol. The van der Waals surface area contributed by atoms with Gasteiger partial charge in [0, 0.05) is 11.3 Å². The van der Waals surface area contributed by atoms with E-state index in [4.69, 9.17) is 9.47 Å². The molecular formula is C23H34O4. The van der Waals surface area contributed by atoms with Crippen molar-refractivity contribution in [1.82, 2.24) is 0 Å². The average Bonchev–Trinajstić information content (AvgIpc) is 3.08. The van der Waals surface area contributed by atoms with Gasteiger partial charge in [-0.15, -0.1) is 0 Å². The molecule has 2 aliphatic heterocycles. The number of rotatable bonds is 0. The fourth-order valence-electron chi connectivity index (χ4n) is 9.38. The summed E-state index contributed by atoms with van der Waals surface area (Å²) in [4.78, 5) is 12.0. The second-order valence-corrected chi connectivity index (χ2v) is 11.3. The van der Waals surface area contributed by atoms with E-state index in [1.807, 2.05) is 0 Å². The lowest BCUT2D eigenvalue weighted by Crippen LogP contribution is -2.67. The van der Waals surface area contributed by atoms with Crippen molar-refractivity contribution >= 4 is 5.97 Å². The smallest absolute Gasteiger partial charge is 0.308 e. The first kappa shape index (κ1) is 17.3. The Morgan fingerprint density at radius 1 is 0.963 bits per heavy atom. The topological polar surface area (TPSA) is 55.8 Å². The van der Waals surface area contributed by atoms with Gasteiger partial charge in [-0.25, -0.2) is 0 Å². The maximum Gasteiger partial charge on any atom is 0.308 e. The SMILES string of the molecule is C[C@]12CC[C@H](O)C[C@H]1CC[C@@H]1[C@@H]2CC[C@]2(C)[C@@H]3CC[C@]12O[C@H]1OC(=O)C[C@H]13. The third-order valence-corrected chi connectivity index (χ3v) is 10.7. The third-order valence-electron chi connectivity index (χ3n) is 10.7. The van der Waals surface area contributed by atoms with E-state index in [1.165, 1.54) is 32.1 Å². The zero-order valence-electron chi connectivity index (χ0n) is 16.8. The minimum Gasteiger partial charge on any atom is -0.435 e. The molecule has 0 aromatic rings. The van der Waals surface area contributed by atoms with Crippen LogP contribution in [-0.2, 0) is 14.3 Å². The maximum atomic E-state index is 12.0. The van der Waals surface area contributed by atoms with E-state index in [0.29, 0.717) is 35.5 Å². The van der Waals surface area contributed by atoms with Crippen molar-refractivity contribution in [3.8, 4) is 0 Å². The lowest BCUT2D eigenvalue weighted by atomic mass is 9.42. The molecule has 150 valence electrons. The zero-order valence-corrected chi connectivity index (χ0v) is 16.8. The lowest BCUT2D eigenvalue weighted by Gasteiger charge is -2.66. The van der Waals surface area contributed by atoms with Crippen LogP contribution < -0.4 is 0 Å². The number of ether oxygens (including phenoxy) is 2. The quantitative estimate of drug-likeness (QED) is 0.650. The lowest BCUT2D eigenvalue weighted by molar-refractivity contribution is -0.322. The first-order valence-electron chi connectivity index (χ1n) is 11.4. The normalized spacial score (nSPS) is 61.4. The van der Waals surface area contributed by atoms with Gasteiger partial charge in [0.1, 0.15) is 0 Å². The van der Waals surface area contributed by atoms with E-state index in [9.17, 15) is 9.90 Å². The number of hydrogen-bond acceptors (Lipinski definition) is 4. The Kier molecular flexibility index (Phi) is 3.39. The van der Waals surface area contributed by atoms with Gasteiger partial charge in [-0.05, 0) is 86.9 Å². The van der Waals surface area contributed by atoms with Crippen molar-refractivity contribution in [2.75, 3.05) is 0 Å². The van der Waals surface area contributed by atoms with Crippen molar-refractivity contribution < 1.29 is 19.4 Å². The number of aliphatic hydroxyl groups is 1. The molecular weight excluding hydrogens is 340 g/mol. The number of esters is 1. The summed E-state index contributed by atoms with van der Waals surface area (Å²) in [5.41, 5.74) is 0.472. The average molecular weight is 375 g/mol. The minimum atomic E-state index is -0.282. The van der Waals surface area contributed by atoms with Gasteiger partial charge in [-0.3, -0.25) is 4.79 Å². The van der Waals surface area contributed by atoms with Crippen LogP contribution in [0.1, 0.15) is 78.1 Å². The Morgan fingerprint density at radius 2 is 1.78 bits per heavy atom. The molecule has 4 nitrogen and oxygen atoms in total. The molecule has 0 aromatic carbocycles. The van der Waals surface area contributed by atoms with Crippen molar-refractivity contribution in [3.63, 3.8) is 0 Å². The van der Waals surface area contributed by atoms with E-state index in [2.05, 4.69) is 13.8 Å².